The van der Waals surface area contributed by atoms with Crippen molar-refractivity contribution in [2.45, 2.75) is 31.9 Å². The Morgan fingerprint density at radius 3 is 2.46 bits per heavy atom. The number of aromatic nitrogens is 1. The van der Waals surface area contributed by atoms with Gasteiger partial charge in [-0.3, -0.25) is 4.79 Å². The van der Waals surface area contributed by atoms with Crippen molar-refractivity contribution >= 4 is 17.4 Å². The number of pyridine rings is 1. The zero-order valence-electron chi connectivity index (χ0n) is 14.1. The Morgan fingerprint density at radius 2 is 1.81 bits per heavy atom. The molecule has 1 aliphatic carbocycles. The van der Waals surface area contributed by atoms with Crippen LogP contribution in [0.2, 0.25) is 0 Å². The van der Waals surface area contributed by atoms with Gasteiger partial charge in [0, 0.05) is 18.4 Å². The zero-order valence-corrected chi connectivity index (χ0v) is 14.1. The van der Waals surface area contributed by atoms with Crippen LogP contribution in [0.25, 0.3) is 0 Å². The maximum atomic E-state index is 12.6. The number of amides is 1. The molecule has 7 heteroatoms. The van der Waals surface area contributed by atoms with Crippen LogP contribution in [0.3, 0.4) is 0 Å². The molecule has 26 heavy (non-hydrogen) atoms. The minimum absolute atomic E-state index is 0.300. The number of nitrogens with one attached hydrogen (secondary N) is 2. The summed E-state index contributed by atoms with van der Waals surface area (Å²) in [5.41, 5.74) is -0.0882. The van der Waals surface area contributed by atoms with Crippen LogP contribution >= 0.6 is 0 Å². The van der Waals surface area contributed by atoms with Crippen molar-refractivity contribution < 1.29 is 18.0 Å². The molecule has 3 rings (SSSR count). The van der Waals surface area contributed by atoms with Crippen LogP contribution in [0.1, 0.15) is 41.6 Å². The Kier molecular flexibility index (Phi) is 5.44. The SMILES string of the molecule is O=C(Nc1ccc(C(F)(F)F)cc1)c1cccnc1NCC1CCCC1. The molecule has 1 fully saturated rings. The van der Waals surface area contributed by atoms with Crippen LogP contribution in [0.5, 0.6) is 0 Å². The van der Waals surface area contributed by atoms with E-state index in [2.05, 4.69) is 15.6 Å². The summed E-state index contributed by atoms with van der Waals surface area (Å²) in [4.78, 5) is 16.7. The van der Waals surface area contributed by atoms with E-state index in [1.54, 1.807) is 18.3 Å². The third-order valence-corrected chi connectivity index (χ3v) is 4.56. The highest BCUT2D eigenvalue weighted by atomic mass is 19.4. The lowest BCUT2D eigenvalue weighted by atomic mass is 10.1. The molecule has 4 nitrogen and oxygen atoms in total. The van der Waals surface area contributed by atoms with Crippen LogP contribution in [-0.4, -0.2) is 17.4 Å². The molecular weight excluding hydrogens is 343 g/mol. The lowest BCUT2D eigenvalue weighted by Gasteiger charge is -2.14. The fourth-order valence-electron chi connectivity index (χ4n) is 3.13. The maximum Gasteiger partial charge on any atom is 0.416 e. The fourth-order valence-corrected chi connectivity index (χ4v) is 3.13. The van der Waals surface area contributed by atoms with E-state index in [0.29, 0.717) is 23.0 Å². The molecule has 1 heterocycles. The molecule has 2 aromatic rings. The number of rotatable bonds is 5. The largest absolute Gasteiger partial charge is 0.416 e. The number of halogens is 3. The first kappa shape index (κ1) is 18.2. The number of anilines is 2. The summed E-state index contributed by atoms with van der Waals surface area (Å²) >= 11 is 0. The third kappa shape index (κ3) is 4.53. The summed E-state index contributed by atoms with van der Waals surface area (Å²) in [6, 6.07) is 7.66. The summed E-state index contributed by atoms with van der Waals surface area (Å²) in [6.45, 7) is 0.761. The van der Waals surface area contributed by atoms with E-state index in [1.165, 1.54) is 37.8 Å². The van der Waals surface area contributed by atoms with Crippen molar-refractivity contribution in [3.8, 4) is 0 Å². The number of alkyl halides is 3. The fraction of sp³-hybridized carbons (Fsp3) is 0.368. The third-order valence-electron chi connectivity index (χ3n) is 4.56. The summed E-state index contributed by atoms with van der Waals surface area (Å²) in [5.74, 6) is 0.665. The van der Waals surface area contributed by atoms with Crippen LogP contribution in [0, 0.1) is 5.92 Å². The minimum Gasteiger partial charge on any atom is -0.369 e. The number of benzene rings is 1. The van der Waals surface area contributed by atoms with Gasteiger partial charge in [0.2, 0.25) is 0 Å². The topological polar surface area (TPSA) is 54.0 Å². The monoisotopic (exact) mass is 363 g/mol. The lowest BCUT2D eigenvalue weighted by Crippen LogP contribution is -2.18. The molecule has 1 amide bonds. The van der Waals surface area contributed by atoms with Gasteiger partial charge in [0.05, 0.1) is 11.1 Å². The second-order valence-corrected chi connectivity index (χ2v) is 6.46. The standard InChI is InChI=1S/C19H20F3N3O/c20-19(21,22)14-7-9-15(10-8-14)25-18(26)16-6-3-11-23-17(16)24-12-13-4-1-2-5-13/h3,6-11,13H,1-2,4-5,12H2,(H,23,24)(H,25,26). The molecule has 0 unspecified atom stereocenters. The minimum atomic E-state index is -4.40. The molecule has 0 spiro atoms. The van der Waals surface area contributed by atoms with Gasteiger partial charge >= 0.3 is 6.18 Å². The van der Waals surface area contributed by atoms with Crippen molar-refractivity contribution in [2.75, 3.05) is 17.2 Å². The Labute approximate surface area is 149 Å². The second-order valence-electron chi connectivity index (χ2n) is 6.46. The average Bonchev–Trinajstić information content (AvgIpc) is 3.13. The molecule has 2 N–H and O–H groups in total. The van der Waals surface area contributed by atoms with E-state index in [0.717, 1.165) is 18.7 Å². The molecule has 1 aromatic heterocycles. The van der Waals surface area contributed by atoms with Gasteiger partial charge in [-0.05, 0) is 55.2 Å². The maximum absolute atomic E-state index is 12.6. The Balaban J connectivity index is 1.67. The van der Waals surface area contributed by atoms with Crippen LogP contribution in [0.4, 0.5) is 24.7 Å². The predicted molar refractivity (Wildman–Crippen MR) is 94.1 cm³/mol. The summed E-state index contributed by atoms with van der Waals surface area (Å²) in [5, 5.41) is 5.85. The number of carbonyl (C=O) groups is 1. The van der Waals surface area contributed by atoms with E-state index in [1.807, 2.05) is 0 Å². The quantitative estimate of drug-likeness (QED) is 0.790. The lowest BCUT2D eigenvalue weighted by molar-refractivity contribution is -0.137. The van der Waals surface area contributed by atoms with Crippen molar-refractivity contribution in [3.63, 3.8) is 0 Å². The molecule has 1 aliphatic rings. The van der Waals surface area contributed by atoms with E-state index in [4.69, 9.17) is 0 Å². The summed E-state index contributed by atoms with van der Waals surface area (Å²) in [6.07, 6.45) is 2.01. The number of hydrogen-bond acceptors (Lipinski definition) is 3. The molecule has 0 aliphatic heterocycles. The van der Waals surface area contributed by atoms with Crippen molar-refractivity contribution in [1.29, 1.82) is 0 Å². The van der Waals surface area contributed by atoms with Crippen LogP contribution < -0.4 is 10.6 Å². The molecule has 138 valence electrons. The van der Waals surface area contributed by atoms with Crippen molar-refractivity contribution in [3.05, 3.63) is 53.7 Å². The van der Waals surface area contributed by atoms with Crippen LogP contribution in [-0.2, 0) is 6.18 Å². The highest BCUT2D eigenvalue weighted by molar-refractivity contribution is 6.07. The van der Waals surface area contributed by atoms with Gasteiger partial charge in [0.1, 0.15) is 5.82 Å². The van der Waals surface area contributed by atoms with Gasteiger partial charge in [-0.2, -0.15) is 13.2 Å². The van der Waals surface area contributed by atoms with Gasteiger partial charge in [-0.15, -0.1) is 0 Å². The van der Waals surface area contributed by atoms with E-state index < -0.39 is 17.6 Å². The first-order valence-corrected chi connectivity index (χ1v) is 8.61. The number of nitrogens with zero attached hydrogens (tertiary/aromatic N) is 1. The molecule has 1 aromatic carbocycles. The van der Waals surface area contributed by atoms with Gasteiger partial charge in [-0.25, -0.2) is 4.98 Å². The Bertz CT molecular complexity index is 753. The predicted octanol–water partition coefficient (Wildman–Crippen LogP) is 4.95. The zero-order chi connectivity index (χ0) is 18.6. The molecular formula is C19H20F3N3O. The van der Waals surface area contributed by atoms with Crippen molar-refractivity contribution in [2.24, 2.45) is 5.92 Å². The van der Waals surface area contributed by atoms with E-state index >= 15 is 0 Å². The normalized spacial score (nSPS) is 15.0. The van der Waals surface area contributed by atoms with Gasteiger partial charge in [-0.1, -0.05) is 12.8 Å². The van der Waals surface area contributed by atoms with Crippen LogP contribution in [0.15, 0.2) is 42.6 Å². The van der Waals surface area contributed by atoms with E-state index in [9.17, 15) is 18.0 Å². The van der Waals surface area contributed by atoms with Crippen molar-refractivity contribution in [1.82, 2.24) is 4.98 Å². The first-order valence-electron chi connectivity index (χ1n) is 8.61. The molecule has 0 saturated heterocycles. The highest BCUT2D eigenvalue weighted by Gasteiger charge is 2.30. The Morgan fingerprint density at radius 1 is 1.12 bits per heavy atom. The number of hydrogen-bond donors (Lipinski definition) is 2. The van der Waals surface area contributed by atoms with E-state index in [-0.39, 0.29) is 0 Å². The highest BCUT2D eigenvalue weighted by Crippen LogP contribution is 2.30. The summed E-state index contributed by atoms with van der Waals surface area (Å²) < 4.78 is 37.8. The Hall–Kier alpha value is -2.57. The average molecular weight is 363 g/mol. The molecule has 0 bridgehead atoms. The smallest absolute Gasteiger partial charge is 0.369 e. The molecule has 1 saturated carbocycles. The summed E-state index contributed by atoms with van der Waals surface area (Å²) in [7, 11) is 0. The molecule has 0 radical (unpaired) electrons. The number of carbonyl (C=O) groups excluding carboxylic acids is 1. The second kappa shape index (κ2) is 7.76. The van der Waals surface area contributed by atoms with Gasteiger partial charge in [0.15, 0.2) is 0 Å². The molecule has 0 atom stereocenters. The van der Waals surface area contributed by atoms with Gasteiger partial charge in [0.25, 0.3) is 5.91 Å². The van der Waals surface area contributed by atoms with Gasteiger partial charge < -0.3 is 10.6 Å². The first-order chi connectivity index (χ1) is 12.4.